The fraction of sp³-hybridized carbons (Fsp3) is 0.0189. The Morgan fingerprint density at radius 3 is 1.70 bits per heavy atom. The van der Waals surface area contributed by atoms with Crippen LogP contribution in [0.2, 0.25) is 0 Å². The van der Waals surface area contributed by atoms with Crippen LogP contribution in [0.25, 0.3) is 76.3 Å². The van der Waals surface area contributed by atoms with E-state index in [4.69, 9.17) is 9.97 Å². The Balaban J connectivity index is 1.27. The van der Waals surface area contributed by atoms with Gasteiger partial charge in [-0.2, -0.15) is 0 Å². The summed E-state index contributed by atoms with van der Waals surface area (Å²) in [6, 6.07) is 74.6. The number of aromatic nitrogens is 2. The summed E-state index contributed by atoms with van der Waals surface area (Å²) in [5.41, 5.74) is 15.5. The molecule has 3 heteroatoms. The summed E-state index contributed by atoms with van der Waals surface area (Å²) in [7, 11) is 0. The third-order valence-electron chi connectivity index (χ3n) is 11.4. The molecule has 0 radical (unpaired) electrons. The van der Waals surface area contributed by atoms with E-state index in [9.17, 15) is 0 Å². The first kappa shape index (κ1) is 32.5. The van der Waals surface area contributed by atoms with Crippen molar-refractivity contribution in [1.82, 2.24) is 9.97 Å². The van der Waals surface area contributed by atoms with Crippen LogP contribution >= 0.6 is 11.3 Å². The standard InChI is InChI=1S/C53H34N2S/c1-5-18-35(19-6-1)37-22-17-23-38(32-37)43-34-47-44(41-28-13-15-30-46(41)53(47,39-24-9-3-10-25-39)40-26-11-4-12-27-40)33-45(43)52-54-49(36-20-7-2-8-21-36)51-50(55-52)42-29-14-16-31-48(42)56-51/h1-34H. The Hall–Kier alpha value is -6.94. The second kappa shape index (κ2) is 13.1. The molecule has 11 rings (SSSR count). The minimum atomic E-state index is -0.539. The maximum Gasteiger partial charge on any atom is 0.161 e. The minimum absolute atomic E-state index is 0.539. The first-order chi connectivity index (χ1) is 27.8. The molecule has 0 bridgehead atoms. The van der Waals surface area contributed by atoms with E-state index in [1.165, 1.54) is 49.2 Å². The minimum Gasteiger partial charge on any atom is -0.226 e. The molecule has 2 aromatic heterocycles. The van der Waals surface area contributed by atoms with Gasteiger partial charge in [0.25, 0.3) is 0 Å². The first-order valence-corrected chi connectivity index (χ1v) is 19.9. The third-order valence-corrected chi connectivity index (χ3v) is 12.6. The van der Waals surface area contributed by atoms with E-state index in [-0.39, 0.29) is 0 Å². The molecule has 0 spiro atoms. The van der Waals surface area contributed by atoms with E-state index in [1.807, 2.05) is 0 Å². The van der Waals surface area contributed by atoms with E-state index < -0.39 is 5.41 Å². The third kappa shape index (κ3) is 5.02. The number of benzene rings is 8. The number of thiophene rings is 1. The summed E-state index contributed by atoms with van der Waals surface area (Å²) in [5.74, 6) is 0.720. The molecule has 1 aliphatic carbocycles. The fourth-order valence-electron chi connectivity index (χ4n) is 8.91. The van der Waals surface area contributed by atoms with Gasteiger partial charge in [-0.05, 0) is 79.9 Å². The van der Waals surface area contributed by atoms with E-state index in [1.54, 1.807) is 11.3 Å². The average Bonchev–Trinajstić information content (AvgIpc) is 3.80. The summed E-state index contributed by atoms with van der Waals surface area (Å²) in [4.78, 5) is 11.1. The molecule has 0 unspecified atom stereocenters. The maximum atomic E-state index is 5.54. The zero-order valence-electron chi connectivity index (χ0n) is 30.4. The molecule has 2 nitrogen and oxygen atoms in total. The van der Waals surface area contributed by atoms with Crippen LogP contribution in [-0.2, 0) is 5.41 Å². The fourth-order valence-corrected chi connectivity index (χ4v) is 10.1. The zero-order chi connectivity index (χ0) is 37.1. The SMILES string of the molecule is c1ccc(-c2cccc(-c3cc4c(cc3-c3nc(-c5ccccc5)c5sc6ccccc6c5n3)-c3ccccc3C4(c3ccccc3)c3ccccc3)c2)cc1. The topological polar surface area (TPSA) is 25.8 Å². The molecule has 0 fully saturated rings. The van der Waals surface area contributed by atoms with Crippen molar-refractivity contribution in [2.45, 2.75) is 5.41 Å². The predicted octanol–water partition coefficient (Wildman–Crippen LogP) is 13.9. The van der Waals surface area contributed by atoms with Crippen molar-refractivity contribution in [2.75, 3.05) is 0 Å². The summed E-state index contributed by atoms with van der Waals surface area (Å²) in [6.07, 6.45) is 0. The van der Waals surface area contributed by atoms with Gasteiger partial charge in [-0.15, -0.1) is 11.3 Å². The Labute approximate surface area is 330 Å². The van der Waals surface area contributed by atoms with Gasteiger partial charge in [0.15, 0.2) is 5.82 Å². The predicted molar refractivity (Wildman–Crippen MR) is 234 cm³/mol. The summed E-state index contributed by atoms with van der Waals surface area (Å²) >= 11 is 1.77. The van der Waals surface area contributed by atoms with E-state index in [2.05, 4.69) is 206 Å². The van der Waals surface area contributed by atoms with Crippen LogP contribution in [0.1, 0.15) is 22.3 Å². The smallest absolute Gasteiger partial charge is 0.161 e. The number of nitrogens with zero attached hydrogens (tertiary/aromatic N) is 2. The van der Waals surface area contributed by atoms with Crippen LogP contribution in [0.5, 0.6) is 0 Å². The van der Waals surface area contributed by atoms with Gasteiger partial charge in [-0.3, -0.25) is 0 Å². The van der Waals surface area contributed by atoms with Gasteiger partial charge >= 0.3 is 0 Å². The van der Waals surface area contributed by atoms with Gasteiger partial charge < -0.3 is 0 Å². The second-order valence-electron chi connectivity index (χ2n) is 14.5. The van der Waals surface area contributed by atoms with Crippen molar-refractivity contribution in [3.05, 3.63) is 229 Å². The molecule has 0 aliphatic heterocycles. The van der Waals surface area contributed by atoms with Crippen molar-refractivity contribution >= 4 is 31.6 Å². The Kier molecular flexibility index (Phi) is 7.61. The summed E-state index contributed by atoms with van der Waals surface area (Å²) in [5, 5.41) is 1.15. The molecular formula is C53H34N2S. The first-order valence-electron chi connectivity index (χ1n) is 19.1. The lowest BCUT2D eigenvalue weighted by atomic mass is 9.67. The molecule has 0 atom stereocenters. The molecule has 0 amide bonds. The Bertz CT molecular complexity index is 3020. The van der Waals surface area contributed by atoms with Crippen LogP contribution in [0.4, 0.5) is 0 Å². The molecular weight excluding hydrogens is 697 g/mol. The molecule has 8 aromatic carbocycles. The van der Waals surface area contributed by atoms with Crippen LogP contribution in [-0.4, -0.2) is 9.97 Å². The molecule has 1 aliphatic rings. The normalized spacial score (nSPS) is 12.8. The summed E-state index contributed by atoms with van der Waals surface area (Å²) < 4.78 is 2.31. The van der Waals surface area contributed by atoms with E-state index in [0.717, 1.165) is 49.4 Å². The van der Waals surface area contributed by atoms with Gasteiger partial charge in [0.2, 0.25) is 0 Å². The van der Waals surface area contributed by atoms with Gasteiger partial charge in [0.05, 0.1) is 21.3 Å². The van der Waals surface area contributed by atoms with Crippen molar-refractivity contribution in [3.8, 4) is 56.0 Å². The highest BCUT2D eigenvalue weighted by Crippen LogP contribution is 2.58. The second-order valence-corrected chi connectivity index (χ2v) is 15.5. The highest BCUT2D eigenvalue weighted by atomic mass is 32.1. The molecule has 2 heterocycles. The maximum absolute atomic E-state index is 5.54. The quantitative estimate of drug-likeness (QED) is 0.170. The van der Waals surface area contributed by atoms with Gasteiger partial charge in [0.1, 0.15) is 0 Å². The monoisotopic (exact) mass is 730 g/mol. The van der Waals surface area contributed by atoms with Crippen molar-refractivity contribution in [3.63, 3.8) is 0 Å². The Morgan fingerprint density at radius 1 is 0.375 bits per heavy atom. The highest BCUT2D eigenvalue weighted by Gasteiger charge is 2.46. The number of hydrogen-bond donors (Lipinski definition) is 0. The molecule has 0 saturated heterocycles. The van der Waals surface area contributed by atoms with Crippen molar-refractivity contribution in [1.29, 1.82) is 0 Å². The molecule has 56 heavy (non-hydrogen) atoms. The molecule has 262 valence electrons. The van der Waals surface area contributed by atoms with Crippen molar-refractivity contribution < 1.29 is 0 Å². The lowest BCUT2D eigenvalue weighted by Gasteiger charge is -2.34. The number of rotatable bonds is 6. The van der Waals surface area contributed by atoms with Crippen LogP contribution in [0.3, 0.4) is 0 Å². The Morgan fingerprint density at radius 2 is 0.964 bits per heavy atom. The van der Waals surface area contributed by atoms with Crippen molar-refractivity contribution in [2.24, 2.45) is 0 Å². The number of hydrogen-bond acceptors (Lipinski definition) is 3. The lowest BCUT2D eigenvalue weighted by molar-refractivity contribution is 0.769. The molecule has 0 saturated carbocycles. The molecule has 10 aromatic rings. The van der Waals surface area contributed by atoms with Gasteiger partial charge in [-0.25, -0.2) is 9.97 Å². The lowest BCUT2D eigenvalue weighted by Crippen LogP contribution is -2.28. The van der Waals surface area contributed by atoms with Gasteiger partial charge in [0, 0.05) is 21.2 Å². The van der Waals surface area contributed by atoms with Crippen LogP contribution in [0.15, 0.2) is 206 Å². The summed E-state index contributed by atoms with van der Waals surface area (Å²) in [6.45, 7) is 0. The zero-order valence-corrected chi connectivity index (χ0v) is 31.2. The molecule has 0 N–H and O–H groups in total. The number of fused-ring (bicyclic) bond motifs is 6. The van der Waals surface area contributed by atoms with Gasteiger partial charge in [-0.1, -0.05) is 182 Å². The largest absolute Gasteiger partial charge is 0.226 e. The van der Waals surface area contributed by atoms with Crippen LogP contribution in [0, 0.1) is 0 Å². The van der Waals surface area contributed by atoms with E-state index in [0.29, 0.717) is 0 Å². The average molecular weight is 731 g/mol. The van der Waals surface area contributed by atoms with Crippen LogP contribution < -0.4 is 0 Å². The van der Waals surface area contributed by atoms with E-state index >= 15 is 0 Å². The highest BCUT2D eigenvalue weighted by molar-refractivity contribution is 7.26.